The second kappa shape index (κ2) is 6.44. The van der Waals surface area contributed by atoms with E-state index in [0.29, 0.717) is 11.5 Å². The van der Waals surface area contributed by atoms with Crippen molar-refractivity contribution in [2.75, 3.05) is 26.2 Å². The predicted molar refractivity (Wildman–Crippen MR) is 73.0 cm³/mol. The van der Waals surface area contributed by atoms with Crippen LogP contribution < -0.4 is 5.32 Å². The van der Waals surface area contributed by atoms with Crippen LogP contribution >= 0.6 is 0 Å². The van der Waals surface area contributed by atoms with Gasteiger partial charge in [-0.2, -0.15) is 0 Å². The first-order chi connectivity index (χ1) is 9.08. The smallest absolute Gasteiger partial charge is 0.128 e. The van der Waals surface area contributed by atoms with Gasteiger partial charge in [0.15, 0.2) is 0 Å². The third-order valence-corrected chi connectivity index (χ3v) is 3.60. The number of halogens is 2. The van der Waals surface area contributed by atoms with Crippen LogP contribution in [0.25, 0.3) is 0 Å². The van der Waals surface area contributed by atoms with Crippen LogP contribution in [0.5, 0.6) is 0 Å². The van der Waals surface area contributed by atoms with Crippen molar-refractivity contribution in [3.63, 3.8) is 0 Å². The number of hydrogen-bond donors (Lipinski definition) is 1. The van der Waals surface area contributed by atoms with Crippen LogP contribution in [0.15, 0.2) is 18.2 Å². The molecule has 1 heterocycles. The molecular weight excluding hydrogens is 246 g/mol. The number of rotatable bonds is 4. The lowest BCUT2D eigenvalue weighted by atomic mass is 9.94. The Hall–Kier alpha value is -1.00. The van der Waals surface area contributed by atoms with Crippen LogP contribution in [0, 0.1) is 17.6 Å². The largest absolute Gasteiger partial charge is 0.314 e. The van der Waals surface area contributed by atoms with E-state index < -0.39 is 0 Å². The van der Waals surface area contributed by atoms with E-state index in [1.807, 2.05) is 0 Å². The highest BCUT2D eigenvalue weighted by Crippen LogP contribution is 2.30. The van der Waals surface area contributed by atoms with Crippen LogP contribution in [0.3, 0.4) is 0 Å². The molecule has 2 rings (SSSR count). The lowest BCUT2D eigenvalue weighted by molar-refractivity contribution is 0.150. The van der Waals surface area contributed by atoms with Crippen LogP contribution in [-0.4, -0.2) is 31.1 Å². The maximum absolute atomic E-state index is 14.0. The monoisotopic (exact) mass is 268 g/mol. The van der Waals surface area contributed by atoms with E-state index in [4.69, 9.17) is 0 Å². The molecule has 0 spiro atoms. The minimum Gasteiger partial charge on any atom is -0.314 e. The summed E-state index contributed by atoms with van der Waals surface area (Å²) < 4.78 is 27.4. The molecule has 0 bridgehead atoms. The topological polar surface area (TPSA) is 15.3 Å². The van der Waals surface area contributed by atoms with Crippen molar-refractivity contribution >= 4 is 0 Å². The first kappa shape index (κ1) is 14.4. The van der Waals surface area contributed by atoms with Crippen LogP contribution in [-0.2, 0) is 0 Å². The molecule has 1 aromatic carbocycles. The molecule has 2 nitrogen and oxygen atoms in total. The third-order valence-electron chi connectivity index (χ3n) is 3.60. The molecule has 0 aromatic heterocycles. The number of hydrogen-bond acceptors (Lipinski definition) is 2. The van der Waals surface area contributed by atoms with E-state index in [0.717, 1.165) is 32.6 Å². The van der Waals surface area contributed by atoms with Crippen molar-refractivity contribution in [1.29, 1.82) is 0 Å². The van der Waals surface area contributed by atoms with Gasteiger partial charge in [-0.3, -0.25) is 4.90 Å². The molecule has 4 heteroatoms. The van der Waals surface area contributed by atoms with Gasteiger partial charge in [-0.25, -0.2) is 8.78 Å². The summed E-state index contributed by atoms with van der Waals surface area (Å²) in [4.78, 5) is 2.26. The minimum atomic E-state index is -0.361. The molecule has 1 fully saturated rings. The van der Waals surface area contributed by atoms with E-state index in [1.54, 1.807) is 0 Å². The van der Waals surface area contributed by atoms with Crippen molar-refractivity contribution < 1.29 is 8.78 Å². The van der Waals surface area contributed by atoms with Crippen molar-refractivity contribution in [3.05, 3.63) is 35.4 Å². The van der Waals surface area contributed by atoms with Crippen LogP contribution in [0.1, 0.15) is 31.9 Å². The van der Waals surface area contributed by atoms with Gasteiger partial charge in [0.25, 0.3) is 0 Å². The van der Waals surface area contributed by atoms with Crippen LogP contribution in [0.4, 0.5) is 8.78 Å². The summed E-state index contributed by atoms with van der Waals surface area (Å²) in [6, 6.07) is 3.74. The van der Waals surface area contributed by atoms with Gasteiger partial charge >= 0.3 is 0 Å². The fraction of sp³-hybridized carbons (Fsp3) is 0.600. The first-order valence-electron chi connectivity index (χ1n) is 6.97. The van der Waals surface area contributed by atoms with Crippen molar-refractivity contribution in [2.24, 2.45) is 5.92 Å². The fourth-order valence-electron chi connectivity index (χ4n) is 2.68. The Morgan fingerprint density at radius 2 is 1.89 bits per heavy atom. The molecule has 1 N–H and O–H groups in total. The third kappa shape index (κ3) is 3.74. The molecule has 0 radical (unpaired) electrons. The maximum Gasteiger partial charge on any atom is 0.128 e. The van der Waals surface area contributed by atoms with Crippen molar-refractivity contribution in [3.8, 4) is 0 Å². The molecular formula is C15H22F2N2. The van der Waals surface area contributed by atoms with E-state index in [9.17, 15) is 8.78 Å². The molecule has 1 aliphatic heterocycles. The van der Waals surface area contributed by atoms with Gasteiger partial charge in [0, 0.05) is 37.8 Å². The second-order valence-corrected chi connectivity index (χ2v) is 5.60. The maximum atomic E-state index is 14.0. The summed E-state index contributed by atoms with van der Waals surface area (Å²) in [5.41, 5.74) is 0.496. The summed E-state index contributed by atoms with van der Waals surface area (Å²) in [5, 5.41) is 3.29. The van der Waals surface area contributed by atoms with E-state index in [1.165, 1.54) is 18.2 Å². The van der Waals surface area contributed by atoms with Crippen LogP contribution in [0.2, 0.25) is 0 Å². The average molecular weight is 268 g/mol. The normalized spacial score (nSPS) is 18.8. The van der Waals surface area contributed by atoms with Gasteiger partial charge < -0.3 is 5.32 Å². The zero-order valence-electron chi connectivity index (χ0n) is 11.6. The number of nitrogens with one attached hydrogen (secondary N) is 1. The summed E-state index contributed by atoms with van der Waals surface area (Å²) in [6.45, 7) is 7.82. The van der Waals surface area contributed by atoms with Gasteiger partial charge in [0.05, 0.1) is 0 Å². The molecule has 19 heavy (non-hydrogen) atoms. The SMILES string of the molecule is CC(C)CC(c1cc(F)ccc1F)N1CCNCC1. The Balaban J connectivity index is 2.27. The highest BCUT2D eigenvalue weighted by molar-refractivity contribution is 5.22. The molecule has 0 amide bonds. The number of benzene rings is 1. The Morgan fingerprint density at radius 3 is 2.53 bits per heavy atom. The number of piperazine rings is 1. The Bertz CT molecular complexity index is 415. The molecule has 1 aliphatic rings. The Morgan fingerprint density at radius 1 is 1.21 bits per heavy atom. The first-order valence-corrected chi connectivity index (χ1v) is 6.97. The van der Waals surface area contributed by atoms with Gasteiger partial charge in [-0.1, -0.05) is 13.8 Å². The summed E-state index contributed by atoms with van der Waals surface area (Å²) in [5.74, 6) is -0.214. The lowest BCUT2D eigenvalue weighted by Gasteiger charge is -2.36. The summed E-state index contributed by atoms with van der Waals surface area (Å²) in [7, 11) is 0. The van der Waals surface area contributed by atoms with E-state index in [2.05, 4.69) is 24.1 Å². The molecule has 0 saturated carbocycles. The van der Waals surface area contributed by atoms with Crippen molar-refractivity contribution in [1.82, 2.24) is 10.2 Å². The fourth-order valence-corrected chi connectivity index (χ4v) is 2.68. The highest BCUT2D eigenvalue weighted by Gasteiger charge is 2.25. The molecule has 1 atom stereocenters. The lowest BCUT2D eigenvalue weighted by Crippen LogP contribution is -2.45. The molecule has 0 aliphatic carbocycles. The quantitative estimate of drug-likeness (QED) is 0.903. The summed E-state index contributed by atoms with van der Waals surface area (Å²) >= 11 is 0. The predicted octanol–water partition coefficient (Wildman–Crippen LogP) is 2.96. The molecule has 1 aromatic rings. The van der Waals surface area contributed by atoms with Gasteiger partial charge in [0.2, 0.25) is 0 Å². The number of nitrogens with zero attached hydrogens (tertiary/aromatic N) is 1. The standard InChI is InChI=1S/C15H22F2N2/c1-11(2)9-15(19-7-5-18-6-8-19)13-10-12(16)3-4-14(13)17/h3-4,10-11,15,18H,5-9H2,1-2H3. The van der Waals surface area contributed by atoms with Gasteiger partial charge in [-0.05, 0) is 30.5 Å². The zero-order chi connectivity index (χ0) is 13.8. The molecule has 106 valence electrons. The molecule has 1 unspecified atom stereocenters. The zero-order valence-corrected chi connectivity index (χ0v) is 11.6. The second-order valence-electron chi connectivity index (χ2n) is 5.60. The van der Waals surface area contributed by atoms with Crippen molar-refractivity contribution in [2.45, 2.75) is 26.3 Å². The van der Waals surface area contributed by atoms with Gasteiger partial charge in [-0.15, -0.1) is 0 Å². The van der Waals surface area contributed by atoms with E-state index in [-0.39, 0.29) is 17.7 Å². The highest BCUT2D eigenvalue weighted by atomic mass is 19.1. The minimum absolute atomic E-state index is 0.0298. The average Bonchev–Trinajstić information content (AvgIpc) is 2.40. The Labute approximate surface area is 113 Å². The van der Waals surface area contributed by atoms with Gasteiger partial charge in [0.1, 0.15) is 11.6 Å². The molecule has 1 saturated heterocycles. The summed E-state index contributed by atoms with van der Waals surface area (Å²) in [6.07, 6.45) is 0.848. The van der Waals surface area contributed by atoms with E-state index >= 15 is 0 Å². The Kier molecular flexibility index (Phi) is 4.88.